The highest BCUT2D eigenvalue weighted by Crippen LogP contribution is 2.03. The molecule has 2 heterocycles. The fourth-order valence-electron chi connectivity index (χ4n) is 1.76. The van der Waals surface area contributed by atoms with Gasteiger partial charge in [-0.2, -0.15) is 0 Å². The van der Waals surface area contributed by atoms with Gasteiger partial charge in [0.25, 0.3) is 11.8 Å². The lowest BCUT2D eigenvalue weighted by Crippen LogP contribution is -2.33. The van der Waals surface area contributed by atoms with Crippen molar-refractivity contribution in [3.8, 4) is 0 Å². The molecule has 6 nitrogen and oxygen atoms in total. The van der Waals surface area contributed by atoms with Crippen LogP contribution in [0.5, 0.6) is 0 Å². The first-order valence-electron chi connectivity index (χ1n) is 7.18. The summed E-state index contributed by atoms with van der Waals surface area (Å²) >= 11 is 0. The van der Waals surface area contributed by atoms with E-state index in [1.54, 1.807) is 36.6 Å². The Morgan fingerprint density at radius 1 is 1.18 bits per heavy atom. The molecule has 2 aromatic heterocycles. The molecule has 2 N–H and O–H groups in total. The lowest BCUT2D eigenvalue weighted by atomic mass is 10.2. The normalized spacial score (nSPS) is 11.7. The van der Waals surface area contributed by atoms with Crippen molar-refractivity contribution < 1.29 is 14.0 Å². The smallest absolute Gasteiger partial charge is 0.270 e. The van der Waals surface area contributed by atoms with E-state index in [9.17, 15) is 9.59 Å². The van der Waals surface area contributed by atoms with Crippen molar-refractivity contribution in [2.45, 2.75) is 32.9 Å². The SMILES string of the molecule is CCC(C)NC(=O)c1cccc(C(=O)NCc2ccco2)n1. The molecule has 0 aliphatic carbocycles. The van der Waals surface area contributed by atoms with Gasteiger partial charge in [-0.25, -0.2) is 4.98 Å². The summed E-state index contributed by atoms with van der Waals surface area (Å²) in [6.45, 7) is 4.17. The summed E-state index contributed by atoms with van der Waals surface area (Å²) in [4.78, 5) is 28.2. The third-order valence-electron chi connectivity index (χ3n) is 3.21. The van der Waals surface area contributed by atoms with Gasteiger partial charge in [-0.1, -0.05) is 13.0 Å². The zero-order valence-electron chi connectivity index (χ0n) is 12.6. The third-order valence-corrected chi connectivity index (χ3v) is 3.21. The molecule has 1 unspecified atom stereocenters. The van der Waals surface area contributed by atoms with Crippen LogP contribution in [0.2, 0.25) is 0 Å². The summed E-state index contributed by atoms with van der Waals surface area (Å²) < 4.78 is 5.14. The monoisotopic (exact) mass is 301 g/mol. The second-order valence-corrected chi connectivity index (χ2v) is 4.95. The molecular formula is C16H19N3O3. The van der Waals surface area contributed by atoms with E-state index in [-0.39, 0.29) is 35.8 Å². The van der Waals surface area contributed by atoms with Crippen molar-refractivity contribution in [2.75, 3.05) is 0 Å². The molecular weight excluding hydrogens is 282 g/mol. The maximum atomic E-state index is 12.0. The summed E-state index contributed by atoms with van der Waals surface area (Å²) in [5.74, 6) is 0.0173. The Morgan fingerprint density at radius 3 is 2.55 bits per heavy atom. The number of carbonyl (C=O) groups is 2. The van der Waals surface area contributed by atoms with Crippen LogP contribution in [0.15, 0.2) is 41.0 Å². The maximum absolute atomic E-state index is 12.0. The molecule has 0 bridgehead atoms. The molecule has 116 valence electrons. The van der Waals surface area contributed by atoms with Crippen LogP contribution in [0.25, 0.3) is 0 Å². The number of rotatable bonds is 6. The predicted octanol–water partition coefficient (Wildman–Crippen LogP) is 2.13. The van der Waals surface area contributed by atoms with Crippen molar-refractivity contribution in [3.05, 3.63) is 53.7 Å². The van der Waals surface area contributed by atoms with E-state index in [0.717, 1.165) is 6.42 Å². The number of aromatic nitrogens is 1. The summed E-state index contributed by atoms with van der Waals surface area (Å²) in [7, 11) is 0. The van der Waals surface area contributed by atoms with Crippen LogP contribution in [0.3, 0.4) is 0 Å². The Kier molecular flexibility index (Phi) is 5.30. The molecule has 0 fully saturated rings. The van der Waals surface area contributed by atoms with Crippen LogP contribution in [-0.2, 0) is 6.54 Å². The average molecular weight is 301 g/mol. The minimum atomic E-state index is -0.352. The minimum absolute atomic E-state index is 0.0609. The van der Waals surface area contributed by atoms with Crippen molar-refractivity contribution in [1.29, 1.82) is 0 Å². The van der Waals surface area contributed by atoms with E-state index >= 15 is 0 Å². The molecule has 1 atom stereocenters. The van der Waals surface area contributed by atoms with E-state index in [2.05, 4.69) is 15.6 Å². The Hall–Kier alpha value is -2.63. The zero-order chi connectivity index (χ0) is 15.9. The third kappa shape index (κ3) is 4.18. The van der Waals surface area contributed by atoms with Crippen molar-refractivity contribution in [1.82, 2.24) is 15.6 Å². The summed E-state index contributed by atoms with van der Waals surface area (Å²) in [6.07, 6.45) is 2.37. The van der Waals surface area contributed by atoms with Crippen LogP contribution >= 0.6 is 0 Å². The second kappa shape index (κ2) is 7.40. The molecule has 22 heavy (non-hydrogen) atoms. The van der Waals surface area contributed by atoms with Crippen LogP contribution in [0, 0.1) is 0 Å². The first kappa shape index (κ1) is 15.8. The van der Waals surface area contributed by atoms with E-state index in [1.165, 1.54) is 0 Å². The number of nitrogens with one attached hydrogen (secondary N) is 2. The van der Waals surface area contributed by atoms with Crippen molar-refractivity contribution >= 4 is 11.8 Å². The standard InChI is InChI=1S/C16H19N3O3/c1-3-11(2)18-16(21)14-8-4-7-13(19-14)15(20)17-10-12-6-5-9-22-12/h4-9,11H,3,10H2,1-2H3,(H,17,20)(H,18,21). The minimum Gasteiger partial charge on any atom is -0.467 e. The lowest BCUT2D eigenvalue weighted by molar-refractivity contribution is 0.0932. The van der Waals surface area contributed by atoms with Gasteiger partial charge in [-0.05, 0) is 37.6 Å². The quantitative estimate of drug-likeness (QED) is 0.856. The van der Waals surface area contributed by atoms with Crippen LogP contribution in [0.1, 0.15) is 47.0 Å². The van der Waals surface area contributed by atoms with Gasteiger partial charge < -0.3 is 15.1 Å². The molecule has 0 saturated heterocycles. The number of furan rings is 1. The van der Waals surface area contributed by atoms with Crippen molar-refractivity contribution in [2.24, 2.45) is 0 Å². The highest BCUT2D eigenvalue weighted by atomic mass is 16.3. The molecule has 2 aromatic rings. The summed E-state index contributed by atoms with van der Waals surface area (Å²) in [5, 5.41) is 5.51. The Bertz CT molecular complexity index is 638. The number of nitrogens with zero attached hydrogens (tertiary/aromatic N) is 1. The number of carbonyl (C=O) groups excluding carboxylic acids is 2. The summed E-state index contributed by atoms with van der Waals surface area (Å²) in [5.41, 5.74) is 0.425. The largest absolute Gasteiger partial charge is 0.467 e. The number of amides is 2. The topological polar surface area (TPSA) is 84.2 Å². The van der Waals surface area contributed by atoms with Gasteiger partial charge in [0.05, 0.1) is 12.8 Å². The second-order valence-electron chi connectivity index (χ2n) is 4.95. The van der Waals surface area contributed by atoms with Gasteiger partial charge in [0.2, 0.25) is 0 Å². The van der Waals surface area contributed by atoms with Gasteiger partial charge in [-0.15, -0.1) is 0 Å². The van der Waals surface area contributed by atoms with Gasteiger partial charge in [0, 0.05) is 6.04 Å². The fraction of sp³-hybridized carbons (Fsp3) is 0.312. The van der Waals surface area contributed by atoms with Crippen LogP contribution in [-0.4, -0.2) is 22.8 Å². The van der Waals surface area contributed by atoms with Crippen molar-refractivity contribution in [3.63, 3.8) is 0 Å². The molecule has 0 radical (unpaired) electrons. The van der Waals surface area contributed by atoms with Crippen LogP contribution in [0.4, 0.5) is 0 Å². The van der Waals surface area contributed by atoms with E-state index in [0.29, 0.717) is 5.76 Å². The molecule has 0 saturated carbocycles. The highest BCUT2D eigenvalue weighted by molar-refractivity contribution is 5.96. The first-order chi connectivity index (χ1) is 10.6. The van der Waals surface area contributed by atoms with Gasteiger partial charge in [-0.3, -0.25) is 9.59 Å². The Labute approximate surface area is 128 Å². The number of hydrogen-bond donors (Lipinski definition) is 2. The van der Waals surface area contributed by atoms with Gasteiger partial charge in [0.15, 0.2) is 0 Å². The number of hydrogen-bond acceptors (Lipinski definition) is 4. The Morgan fingerprint density at radius 2 is 1.91 bits per heavy atom. The van der Waals surface area contributed by atoms with Crippen LogP contribution < -0.4 is 10.6 Å². The molecule has 2 amide bonds. The average Bonchev–Trinajstić information content (AvgIpc) is 3.06. The first-order valence-corrected chi connectivity index (χ1v) is 7.18. The molecule has 0 spiro atoms. The fourth-order valence-corrected chi connectivity index (χ4v) is 1.76. The maximum Gasteiger partial charge on any atom is 0.270 e. The molecule has 0 aromatic carbocycles. The molecule has 0 aliphatic rings. The Balaban J connectivity index is 2.01. The van der Waals surface area contributed by atoms with E-state index < -0.39 is 0 Å². The van der Waals surface area contributed by atoms with Gasteiger partial charge >= 0.3 is 0 Å². The molecule has 2 rings (SSSR count). The highest BCUT2D eigenvalue weighted by Gasteiger charge is 2.13. The summed E-state index contributed by atoms with van der Waals surface area (Å²) in [6, 6.07) is 8.37. The molecule has 6 heteroatoms. The van der Waals surface area contributed by atoms with E-state index in [1.807, 2.05) is 13.8 Å². The molecule has 0 aliphatic heterocycles. The lowest BCUT2D eigenvalue weighted by Gasteiger charge is -2.11. The van der Waals surface area contributed by atoms with E-state index in [4.69, 9.17) is 4.42 Å². The predicted molar refractivity (Wildman–Crippen MR) is 81.3 cm³/mol. The number of pyridine rings is 1. The van der Waals surface area contributed by atoms with Gasteiger partial charge in [0.1, 0.15) is 17.1 Å². The zero-order valence-corrected chi connectivity index (χ0v) is 12.6.